The second-order valence-corrected chi connectivity index (χ2v) is 6.02. The van der Waals surface area contributed by atoms with Crippen LogP contribution in [0.1, 0.15) is 29.5 Å². The van der Waals surface area contributed by atoms with Crippen molar-refractivity contribution in [1.82, 2.24) is 15.0 Å². The van der Waals surface area contributed by atoms with Gasteiger partial charge in [-0.2, -0.15) is 5.10 Å². The van der Waals surface area contributed by atoms with Gasteiger partial charge >= 0.3 is 0 Å². The van der Waals surface area contributed by atoms with E-state index in [2.05, 4.69) is 26.5 Å². The van der Waals surface area contributed by atoms with Crippen molar-refractivity contribution >= 4 is 23.3 Å². The molecule has 1 aliphatic heterocycles. The Morgan fingerprint density at radius 3 is 2.72 bits per heavy atom. The maximum atomic E-state index is 12.2. The summed E-state index contributed by atoms with van der Waals surface area (Å²) < 4.78 is 0. The van der Waals surface area contributed by atoms with Gasteiger partial charge in [-0.25, -0.2) is 9.99 Å². The number of nitrogens with zero attached hydrogens (tertiary/aromatic N) is 4. The predicted octanol–water partition coefficient (Wildman–Crippen LogP) is 1.92. The zero-order valence-electron chi connectivity index (χ0n) is 14.2. The standard InChI is InChI=1S/C18H19N5O2/c1-12-7-14(10-19-9-12)8-13-3-5-16(20-11-13)21-18(25)15-4-6-17(24)23(2)22-15/h3,5,7,9-11H,4,6,8H2,1-2H3,(H,20,21,25). The number of aromatic nitrogens is 2. The molecule has 2 aromatic heterocycles. The summed E-state index contributed by atoms with van der Waals surface area (Å²) in [5.74, 6) is 0.0329. The van der Waals surface area contributed by atoms with Crippen molar-refractivity contribution < 1.29 is 9.59 Å². The van der Waals surface area contributed by atoms with Crippen LogP contribution in [-0.4, -0.2) is 39.6 Å². The molecule has 1 aliphatic rings. The summed E-state index contributed by atoms with van der Waals surface area (Å²) in [6.45, 7) is 2.01. The molecule has 3 heterocycles. The van der Waals surface area contributed by atoms with E-state index in [4.69, 9.17) is 0 Å². The Kier molecular flexibility index (Phi) is 4.83. The van der Waals surface area contributed by atoms with Crippen molar-refractivity contribution in [3.05, 3.63) is 53.5 Å². The van der Waals surface area contributed by atoms with Crippen LogP contribution in [0.4, 0.5) is 5.82 Å². The fraction of sp³-hybridized carbons (Fsp3) is 0.278. The fourth-order valence-corrected chi connectivity index (χ4v) is 2.57. The van der Waals surface area contributed by atoms with E-state index in [0.717, 1.165) is 23.1 Å². The zero-order chi connectivity index (χ0) is 17.8. The van der Waals surface area contributed by atoms with Crippen LogP contribution in [0.3, 0.4) is 0 Å². The largest absolute Gasteiger partial charge is 0.305 e. The summed E-state index contributed by atoms with van der Waals surface area (Å²) in [5.41, 5.74) is 3.60. The van der Waals surface area contributed by atoms with Gasteiger partial charge in [-0.15, -0.1) is 0 Å². The smallest absolute Gasteiger partial charge is 0.273 e. The average Bonchev–Trinajstić information content (AvgIpc) is 2.59. The van der Waals surface area contributed by atoms with Crippen molar-refractivity contribution in [1.29, 1.82) is 0 Å². The van der Waals surface area contributed by atoms with Crippen LogP contribution >= 0.6 is 0 Å². The summed E-state index contributed by atoms with van der Waals surface area (Å²) in [5, 5.41) is 7.91. The molecule has 0 radical (unpaired) electrons. The van der Waals surface area contributed by atoms with Gasteiger partial charge < -0.3 is 5.32 Å². The molecular formula is C18H19N5O2. The lowest BCUT2D eigenvalue weighted by Crippen LogP contribution is -2.34. The Morgan fingerprint density at radius 2 is 2.04 bits per heavy atom. The third kappa shape index (κ3) is 4.26. The van der Waals surface area contributed by atoms with Crippen molar-refractivity contribution in [3.8, 4) is 0 Å². The van der Waals surface area contributed by atoms with Gasteiger partial charge in [0.1, 0.15) is 11.5 Å². The number of carbonyl (C=O) groups excluding carboxylic acids is 2. The maximum absolute atomic E-state index is 12.2. The van der Waals surface area contributed by atoms with Gasteiger partial charge in [0, 0.05) is 44.9 Å². The molecule has 0 fully saturated rings. The monoisotopic (exact) mass is 337 g/mol. The van der Waals surface area contributed by atoms with Crippen LogP contribution in [-0.2, 0) is 16.0 Å². The molecule has 0 unspecified atom stereocenters. The predicted molar refractivity (Wildman–Crippen MR) is 94.1 cm³/mol. The summed E-state index contributed by atoms with van der Waals surface area (Å²) in [6.07, 6.45) is 6.75. The first-order valence-electron chi connectivity index (χ1n) is 8.02. The van der Waals surface area contributed by atoms with Crippen LogP contribution in [0.2, 0.25) is 0 Å². The second kappa shape index (κ2) is 7.21. The Labute approximate surface area is 145 Å². The molecule has 0 aromatic carbocycles. The summed E-state index contributed by atoms with van der Waals surface area (Å²) >= 11 is 0. The van der Waals surface area contributed by atoms with E-state index in [1.54, 1.807) is 19.3 Å². The second-order valence-electron chi connectivity index (χ2n) is 6.02. The molecule has 0 aliphatic carbocycles. The van der Waals surface area contributed by atoms with Crippen LogP contribution in [0.15, 0.2) is 41.9 Å². The molecule has 2 aromatic rings. The number of nitrogens with one attached hydrogen (secondary N) is 1. The molecule has 0 saturated heterocycles. The van der Waals surface area contributed by atoms with Gasteiger partial charge in [0.25, 0.3) is 5.91 Å². The quantitative estimate of drug-likeness (QED) is 0.923. The number of aryl methyl sites for hydroxylation is 1. The number of hydrogen-bond donors (Lipinski definition) is 1. The van der Waals surface area contributed by atoms with Crippen molar-refractivity contribution in [3.63, 3.8) is 0 Å². The zero-order valence-corrected chi connectivity index (χ0v) is 14.2. The minimum atomic E-state index is -0.331. The lowest BCUT2D eigenvalue weighted by Gasteiger charge is -2.18. The highest BCUT2D eigenvalue weighted by molar-refractivity contribution is 6.43. The van der Waals surface area contributed by atoms with Crippen LogP contribution in [0, 0.1) is 6.92 Å². The molecule has 1 N–H and O–H groups in total. The molecule has 2 amide bonds. The SMILES string of the molecule is Cc1cncc(Cc2ccc(NC(=O)C3=NN(C)C(=O)CC3)nc2)c1. The first-order chi connectivity index (χ1) is 12.0. The lowest BCUT2D eigenvalue weighted by atomic mass is 10.1. The Hall–Kier alpha value is -3.09. The third-order valence-corrected chi connectivity index (χ3v) is 3.88. The summed E-state index contributed by atoms with van der Waals surface area (Å²) in [6, 6.07) is 5.76. The average molecular weight is 337 g/mol. The Bertz CT molecular complexity index is 830. The minimum absolute atomic E-state index is 0.0929. The van der Waals surface area contributed by atoms with E-state index < -0.39 is 0 Å². The Morgan fingerprint density at radius 1 is 1.20 bits per heavy atom. The molecule has 0 bridgehead atoms. The van der Waals surface area contributed by atoms with E-state index in [0.29, 0.717) is 24.4 Å². The highest BCUT2D eigenvalue weighted by Gasteiger charge is 2.22. The van der Waals surface area contributed by atoms with E-state index >= 15 is 0 Å². The van der Waals surface area contributed by atoms with E-state index in [1.165, 1.54) is 5.01 Å². The topological polar surface area (TPSA) is 87.5 Å². The van der Waals surface area contributed by atoms with Crippen molar-refractivity contribution in [2.75, 3.05) is 12.4 Å². The van der Waals surface area contributed by atoms with Gasteiger partial charge in [-0.1, -0.05) is 12.1 Å². The molecular weight excluding hydrogens is 318 g/mol. The number of hydrazone groups is 1. The van der Waals surface area contributed by atoms with Gasteiger partial charge in [0.15, 0.2) is 0 Å². The molecule has 25 heavy (non-hydrogen) atoms. The molecule has 0 atom stereocenters. The molecule has 7 heteroatoms. The number of rotatable bonds is 4. The summed E-state index contributed by atoms with van der Waals surface area (Å²) in [4.78, 5) is 32.1. The van der Waals surface area contributed by atoms with Crippen LogP contribution in [0.25, 0.3) is 0 Å². The van der Waals surface area contributed by atoms with E-state index in [-0.39, 0.29) is 11.8 Å². The third-order valence-electron chi connectivity index (χ3n) is 3.88. The number of pyridine rings is 2. The van der Waals surface area contributed by atoms with Crippen molar-refractivity contribution in [2.45, 2.75) is 26.2 Å². The van der Waals surface area contributed by atoms with Crippen molar-refractivity contribution in [2.24, 2.45) is 5.10 Å². The summed E-state index contributed by atoms with van der Waals surface area (Å²) in [7, 11) is 1.54. The van der Waals surface area contributed by atoms with Gasteiger partial charge in [-0.05, 0) is 29.7 Å². The van der Waals surface area contributed by atoms with Gasteiger partial charge in [0.2, 0.25) is 5.91 Å². The molecule has 0 saturated carbocycles. The molecule has 7 nitrogen and oxygen atoms in total. The maximum Gasteiger partial charge on any atom is 0.273 e. The van der Waals surface area contributed by atoms with E-state index in [1.807, 2.05) is 25.4 Å². The number of carbonyl (C=O) groups is 2. The first kappa shape index (κ1) is 16.8. The van der Waals surface area contributed by atoms with E-state index in [9.17, 15) is 9.59 Å². The Balaban J connectivity index is 1.63. The number of hydrogen-bond acceptors (Lipinski definition) is 5. The molecule has 128 valence electrons. The van der Waals surface area contributed by atoms with Gasteiger partial charge in [0.05, 0.1) is 0 Å². The molecule has 0 spiro atoms. The lowest BCUT2D eigenvalue weighted by molar-refractivity contribution is -0.130. The van der Waals surface area contributed by atoms with Crippen LogP contribution < -0.4 is 5.32 Å². The number of anilines is 1. The van der Waals surface area contributed by atoms with Crippen LogP contribution in [0.5, 0.6) is 0 Å². The highest BCUT2D eigenvalue weighted by atomic mass is 16.2. The molecule has 3 rings (SSSR count). The fourth-order valence-electron chi connectivity index (χ4n) is 2.57. The normalized spacial score (nSPS) is 14.2. The minimum Gasteiger partial charge on any atom is -0.305 e. The first-order valence-corrected chi connectivity index (χ1v) is 8.02. The van der Waals surface area contributed by atoms with Gasteiger partial charge in [-0.3, -0.25) is 14.6 Å². The highest BCUT2D eigenvalue weighted by Crippen LogP contribution is 2.13. The number of amides is 2.